The number of likely N-dealkylation sites (tertiary alicyclic amines) is 1. The number of hydrogen-bond donors (Lipinski definition) is 1. The number of aromatic nitrogens is 2. The summed E-state index contributed by atoms with van der Waals surface area (Å²) in [6.45, 7) is 6.49. The molecule has 1 aromatic heterocycles. The standard InChI is InChI=1S/C38H41FN6O/c39-33-17-15-32(16-18-33)29-45-35-14-8-7-13-34(35)40-37(45)41-44-25-23-42(24-26-44)21-19-38(27-30-9-3-1-4-10-30)20-22-43(36(38)46)28-31-11-5-2-6-12-31/h1-18H,19-29H2,(H,40,41). The van der Waals surface area contributed by atoms with Gasteiger partial charge in [-0.1, -0.05) is 84.9 Å². The van der Waals surface area contributed by atoms with Crippen molar-refractivity contribution in [3.63, 3.8) is 0 Å². The molecule has 2 saturated heterocycles. The van der Waals surface area contributed by atoms with E-state index < -0.39 is 0 Å². The zero-order valence-electron chi connectivity index (χ0n) is 26.2. The minimum absolute atomic E-state index is 0.233. The van der Waals surface area contributed by atoms with Gasteiger partial charge in [-0.05, 0) is 66.8 Å². The van der Waals surface area contributed by atoms with Gasteiger partial charge in [-0.25, -0.2) is 14.4 Å². The Kier molecular flexibility index (Phi) is 8.81. The fourth-order valence-electron chi connectivity index (χ4n) is 7.01. The monoisotopic (exact) mass is 616 g/mol. The van der Waals surface area contributed by atoms with Gasteiger partial charge >= 0.3 is 0 Å². The number of piperazine rings is 1. The Morgan fingerprint density at radius 1 is 0.717 bits per heavy atom. The molecule has 1 N–H and O–H groups in total. The highest BCUT2D eigenvalue weighted by Gasteiger charge is 2.46. The van der Waals surface area contributed by atoms with E-state index in [1.165, 1.54) is 23.3 Å². The first kappa shape index (κ1) is 30.1. The highest BCUT2D eigenvalue weighted by Crippen LogP contribution is 2.40. The molecule has 7 nitrogen and oxygen atoms in total. The number of para-hydroxylation sites is 2. The van der Waals surface area contributed by atoms with Crippen molar-refractivity contribution in [1.29, 1.82) is 0 Å². The number of halogens is 1. The lowest BCUT2D eigenvalue weighted by molar-refractivity contribution is -0.137. The molecule has 2 fully saturated rings. The average molecular weight is 617 g/mol. The van der Waals surface area contributed by atoms with Crippen LogP contribution >= 0.6 is 0 Å². The molecule has 8 heteroatoms. The molecular weight excluding hydrogens is 575 g/mol. The number of nitrogens with one attached hydrogen (secondary N) is 1. The van der Waals surface area contributed by atoms with Crippen LogP contribution in [0.3, 0.4) is 0 Å². The summed E-state index contributed by atoms with van der Waals surface area (Å²) < 4.78 is 15.7. The van der Waals surface area contributed by atoms with Crippen molar-refractivity contribution in [2.24, 2.45) is 5.41 Å². The topological polar surface area (TPSA) is 56.6 Å². The first-order chi connectivity index (χ1) is 22.5. The summed E-state index contributed by atoms with van der Waals surface area (Å²) in [5.41, 5.74) is 8.61. The summed E-state index contributed by atoms with van der Waals surface area (Å²) >= 11 is 0. The van der Waals surface area contributed by atoms with Gasteiger partial charge in [-0.2, -0.15) is 0 Å². The number of imidazole rings is 1. The third-order valence-electron chi connectivity index (χ3n) is 9.65. The summed E-state index contributed by atoms with van der Waals surface area (Å²) in [6.07, 6.45) is 2.52. The summed E-state index contributed by atoms with van der Waals surface area (Å²) in [4.78, 5) is 23.5. The van der Waals surface area contributed by atoms with Crippen molar-refractivity contribution >= 4 is 22.9 Å². The number of carbonyl (C=O) groups is 1. The zero-order valence-corrected chi connectivity index (χ0v) is 26.2. The fourth-order valence-corrected chi connectivity index (χ4v) is 7.01. The Labute approximate surface area is 270 Å². The van der Waals surface area contributed by atoms with E-state index in [0.717, 1.165) is 81.1 Å². The lowest BCUT2D eigenvalue weighted by atomic mass is 9.77. The van der Waals surface area contributed by atoms with Crippen LogP contribution in [0.15, 0.2) is 109 Å². The minimum Gasteiger partial charge on any atom is -0.338 e. The minimum atomic E-state index is -0.378. The van der Waals surface area contributed by atoms with Crippen LogP contribution in [-0.2, 0) is 24.3 Å². The van der Waals surface area contributed by atoms with E-state index in [4.69, 9.17) is 4.98 Å². The number of hydrogen-bond acceptors (Lipinski definition) is 5. The quantitative estimate of drug-likeness (QED) is 0.191. The first-order valence-electron chi connectivity index (χ1n) is 16.4. The SMILES string of the molecule is O=C1N(Cc2ccccc2)CCC1(CCN1CCN(Nc2nc3ccccc3n2Cc2ccc(F)cc2)CC1)Cc1ccccc1. The summed E-state index contributed by atoms with van der Waals surface area (Å²) in [6, 6.07) is 35.6. The number of fused-ring (bicyclic) bond motifs is 1. The molecule has 0 bridgehead atoms. The van der Waals surface area contributed by atoms with E-state index in [-0.39, 0.29) is 11.2 Å². The molecule has 236 valence electrons. The first-order valence-corrected chi connectivity index (χ1v) is 16.4. The number of nitrogens with zero attached hydrogens (tertiary/aromatic N) is 5. The second kappa shape index (κ2) is 13.4. The Balaban J connectivity index is 1.000. The van der Waals surface area contributed by atoms with E-state index in [1.807, 2.05) is 54.6 Å². The zero-order chi connectivity index (χ0) is 31.3. The third kappa shape index (κ3) is 6.69. The van der Waals surface area contributed by atoms with Crippen LogP contribution in [0.2, 0.25) is 0 Å². The Morgan fingerprint density at radius 2 is 1.37 bits per heavy atom. The highest BCUT2D eigenvalue weighted by atomic mass is 19.1. The summed E-state index contributed by atoms with van der Waals surface area (Å²) in [5.74, 6) is 0.847. The van der Waals surface area contributed by atoms with Crippen LogP contribution in [0.25, 0.3) is 11.0 Å². The largest absolute Gasteiger partial charge is 0.338 e. The van der Waals surface area contributed by atoms with Crippen molar-refractivity contribution in [2.45, 2.75) is 32.4 Å². The van der Waals surface area contributed by atoms with Gasteiger partial charge in [0.15, 0.2) is 0 Å². The summed E-state index contributed by atoms with van der Waals surface area (Å²) in [5, 5.41) is 2.24. The molecule has 2 aliphatic heterocycles. The number of hydrazine groups is 1. The van der Waals surface area contributed by atoms with Gasteiger partial charge in [0, 0.05) is 39.3 Å². The van der Waals surface area contributed by atoms with Gasteiger partial charge < -0.3 is 14.4 Å². The van der Waals surface area contributed by atoms with Crippen molar-refractivity contribution in [3.8, 4) is 0 Å². The Hall–Kier alpha value is -4.53. The van der Waals surface area contributed by atoms with Crippen LogP contribution in [0.1, 0.15) is 29.5 Å². The number of carbonyl (C=O) groups excluding carboxylic acids is 1. The van der Waals surface area contributed by atoms with Gasteiger partial charge in [0.1, 0.15) is 5.82 Å². The molecular formula is C38H41FN6O. The predicted molar refractivity (Wildman–Crippen MR) is 181 cm³/mol. The lowest BCUT2D eigenvalue weighted by Crippen LogP contribution is -2.50. The van der Waals surface area contributed by atoms with Crippen LogP contribution in [-0.4, -0.2) is 69.5 Å². The van der Waals surface area contributed by atoms with Gasteiger partial charge in [0.25, 0.3) is 0 Å². The maximum Gasteiger partial charge on any atom is 0.229 e. The number of amides is 1. The average Bonchev–Trinajstić information content (AvgIpc) is 3.58. The molecule has 4 aromatic carbocycles. The maximum atomic E-state index is 14.1. The number of rotatable bonds is 11. The van der Waals surface area contributed by atoms with Crippen molar-refractivity contribution in [3.05, 3.63) is 132 Å². The van der Waals surface area contributed by atoms with Crippen molar-refractivity contribution in [1.82, 2.24) is 24.4 Å². The van der Waals surface area contributed by atoms with E-state index in [9.17, 15) is 9.18 Å². The molecule has 1 unspecified atom stereocenters. The molecule has 0 saturated carbocycles. The van der Waals surface area contributed by atoms with E-state index >= 15 is 0 Å². The van der Waals surface area contributed by atoms with Gasteiger partial charge in [0.2, 0.25) is 11.9 Å². The highest BCUT2D eigenvalue weighted by molar-refractivity contribution is 5.85. The second-order valence-corrected chi connectivity index (χ2v) is 12.7. The van der Waals surface area contributed by atoms with Crippen molar-refractivity contribution < 1.29 is 9.18 Å². The van der Waals surface area contributed by atoms with Crippen LogP contribution in [0.4, 0.5) is 10.3 Å². The molecule has 7 rings (SSSR count). The van der Waals surface area contributed by atoms with E-state index in [1.54, 1.807) is 0 Å². The lowest BCUT2D eigenvalue weighted by Gasteiger charge is -2.37. The molecule has 46 heavy (non-hydrogen) atoms. The normalized spacial score (nSPS) is 19.2. The van der Waals surface area contributed by atoms with Crippen molar-refractivity contribution in [2.75, 3.05) is 44.7 Å². The van der Waals surface area contributed by atoms with Crippen LogP contribution in [0.5, 0.6) is 0 Å². The fraction of sp³-hybridized carbons (Fsp3) is 0.316. The second-order valence-electron chi connectivity index (χ2n) is 12.7. The summed E-state index contributed by atoms with van der Waals surface area (Å²) in [7, 11) is 0. The number of anilines is 1. The molecule has 1 atom stereocenters. The Morgan fingerprint density at radius 3 is 2.11 bits per heavy atom. The van der Waals surface area contributed by atoms with E-state index in [0.29, 0.717) is 19.0 Å². The molecule has 0 aliphatic carbocycles. The van der Waals surface area contributed by atoms with Crippen LogP contribution in [0, 0.1) is 11.2 Å². The molecule has 0 radical (unpaired) electrons. The smallest absolute Gasteiger partial charge is 0.229 e. The third-order valence-corrected chi connectivity index (χ3v) is 9.65. The molecule has 5 aromatic rings. The van der Waals surface area contributed by atoms with Gasteiger partial charge in [-0.15, -0.1) is 0 Å². The molecule has 3 heterocycles. The van der Waals surface area contributed by atoms with E-state index in [2.05, 4.69) is 67.3 Å². The van der Waals surface area contributed by atoms with Gasteiger partial charge in [0.05, 0.1) is 23.0 Å². The molecule has 1 amide bonds. The molecule has 0 spiro atoms. The predicted octanol–water partition coefficient (Wildman–Crippen LogP) is 6.22. The Bertz CT molecular complexity index is 1750. The molecule has 2 aliphatic rings. The number of benzene rings is 4. The van der Waals surface area contributed by atoms with Crippen LogP contribution < -0.4 is 5.43 Å². The maximum absolute atomic E-state index is 14.1. The van der Waals surface area contributed by atoms with Gasteiger partial charge in [-0.3, -0.25) is 10.2 Å².